The standard InChI is InChI=1S/C13H16ClNO3/c14-12-4-3-11(13(9-12)15(16)17)2-1-10-5-7-18-8-6-10/h3-4,9-10H,1-2,5-8H2. The second kappa shape index (κ2) is 6.16. The molecular weight excluding hydrogens is 254 g/mol. The summed E-state index contributed by atoms with van der Waals surface area (Å²) in [6.07, 6.45) is 3.83. The van der Waals surface area contributed by atoms with Gasteiger partial charge in [0, 0.05) is 29.9 Å². The van der Waals surface area contributed by atoms with E-state index in [9.17, 15) is 10.1 Å². The molecule has 0 amide bonds. The zero-order valence-corrected chi connectivity index (χ0v) is 10.9. The number of nitro benzene ring substituents is 1. The molecule has 0 atom stereocenters. The Morgan fingerprint density at radius 1 is 1.39 bits per heavy atom. The summed E-state index contributed by atoms with van der Waals surface area (Å²) >= 11 is 5.79. The van der Waals surface area contributed by atoms with Gasteiger partial charge in [0.1, 0.15) is 0 Å². The van der Waals surface area contributed by atoms with Gasteiger partial charge in [-0.25, -0.2) is 0 Å². The molecule has 0 N–H and O–H groups in total. The van der Waals surface area contributed by atoms with Crippen LogP contribution >= 0.6 is 11.6 Å². The summed E-state index contributed by atoms with van der Waals surface area (Å²) in [7, 11) is 0. The molecule has 18 heavy (non-hydrogen) atoms. The fourth-order valence-corrected chi connectivity index (χ4v) is 2.48. The van der Waals surface area contributed by atoms with Crippen LogP contribution in [0.25, 0.3) is 0 Å². The van der Waals surface area contributed by atoms with E-state index < -0.39 is 0 Å². The van der Waals surface area contributed by atoms with Crippen molar-refractivity contribution in [1.82, 2.24) is 0 Å². The average molecular weight is 270 g/mol. The third-order valence-electron chi connectivity index (χ3n) is 3.41. The Kier molecular flexibility index (Phi) is 4.55. The van der Waals surface area contributed by atoms with Gasteiger partial charge in [-0.1, -0.05) is 17.7 Å². The quantitative estimate of drug-likeness (QED) is 0.620. The highest BCUT2D eigenvalue weighted by Crippen LogP contribution is 2.27. The van der Waals surface area contributed by atoms with E-state index in [-0.39, 0.29) is 10.6 Å². The largest absolute Gasteiger partial charge is 0.381 e. The molecule has 5 heteroatoms. The van der Waals surface area contributed by atoms with Crippen LogP contribution in [0.5, 0.6) is 0 Å². The molecule has 2 rings (SSSR count). The third kappa shape index (κ3) is 3.43. The van der Waals surface area contributed by atoms with Crippen molar-refractivity contribution in [2.24, 2.45) is 5.92 Å². The molecule has 1 aromatic carbocycles. The highest BCUT2D eigenvalue weighted by molar-refractivity contribution is 6.30. The van der Waals surface area contributed by atoms with E-state index in [1.54, 1.807) is 12.1 Å². The van der Waals surface area contributed by atoms with Crippen LogP contribution in [0.4, 0.5) is 5.69 Å². The first-order chi connectivity index (χ1) is 8.66. The molecule has 1 heterocycles. The Morgan fingerprint density at radius 3 is 2.78 bits per heavy atom. The van der Waals surface area contributed by atoms with Gasteiger partial charge in [0.15, 0.2) is 0 Å². The predicted octanol–water partition coefficient (Wildman–Crippen LogP) is 3.61. The number of ether oxygens (including phenoxy) is 1. The maximum Gasteiger partial charge on any atom is 0.274 e. The van der Waals surface area contributed by atoms with Crippen molar-refractivity contribution in [1.29, 1.82) is 0 Å². The smallest absolute Gasteiger partial charge is 0.274 e. The van der Waals surface area contributed by atoms with Crippen molar-refractivity contribution in [2.75, 3.05) is 13.2 Å². The Labute approximate surface area is 111 Å². The van der Waals surface area contributed by atoms with Gasteiger partial charge < -0.3 is 4.74 Å². The van der Waals surface area contributed by atoms with E-state index in [1.165, 1.54) is 6.07 Å². The van der Waals surface area contributed by atoms with Crippen molar-refractivity contribution in [3.8, 4) is 0 Å². The van der Waals surface area contributed by atoms with Crippen LogP contribution in [0.3, 0.4) is 0 Å². The van der Waals surface area contributed by atoms with Crippen LogP contribution in [-0.2, 0) is 11.2 Å². The predicted molar refractivity (Wildman–Crippen MR) is 70.0 cm³/mol. The van der Waals surface area contributed by atoms with Gasteiger partial charge >= 0.3 is 0 Å². The minimum Gasteiger partial charge on any atom is -0.381 e. The van der Waals surface area contributed by atoms with Gasteiger partial charge in [-0.3, -0.25) is 10.1 Å². The van der Waals surface area contributed by atoms with E-state index in [1.807, 2.05) is 0 Å². The first kappa shape index (κ1) is 13.3. The van der Waals surface area contributed by atoms with Crippen LogP contribution in [0, 0.1) is 16.0 Å². The number of benzene rings is 1. The van der Waals surface area contributed by atoms with Gasteiger partial charge in [0.25, 0.3) is 5.69 Å². The number of rotatable bonds is 4. The minimum absolute atomic E-state index is 0.134. The summed E-state index contributed by atoms with van der Waals surface area (Å²) in [5, 5.41) is 11.4. The summed E-state index contributed by atoms with van der Waals surface area (Å²) in [6, 6.07) is 4.91. The van der Waals surface area contributed by atoms with Crippen molar-refractivity contribution in [2.45, 2.75) is 25.7 Å². The fourth-order valence-electron chi connectivity index (χ4n) is 2.31. The van der Waals surface area contributed by atoms with E-state index in [0.29, 0.717) is 10.9 Å². The summed E-state index contributed by atoms with van der Waals surface area (Å²) in [5.41, 5.74) is 0.908. The summed E-state index contributed by atoms with van der Waals surface area (Å²) in [4.78, 5) is 10.6. The number of hydrogen-bond donors (Lipinski definition) is 0. The molecule has 1 aliphatic rings. The Bertz CT molecular complexity index is 430. The first-order valence-electron chi connectivity index (χ1n) is 6.17. The first-order valence-corrected chi connectivity index (χ1v) is 6.55. The molecule has 0 unspecified atom stereocenters. The number of nitrogens with zero attached hydrogens (tertiary/aromatic N) is 1. The van der Waals surface area contributed by atoms with Gasteiger partial charge in [-0.05, 0) is 37.7 Å². The van der Waals surface area contributed by atoms with Crippen LogP contribution in [0.1, 0.15) is 24.8 Å². The monoisotopic (exact) mass is 269 g/mol. The van der Waals surface area contributed by atoms with E-state index in [2.05, 4.69) is 0 Å². The molecule has 1 fully saturated rings. The van der Waals surface area contributed by atoms with Crippen LogP contribution in [0.15, 0.2) is 18.2 Å². The lowest BCUT2D eigenvalue weighted by Gasteiger charge is -2.21. The molecule has 1 aromatic rings. The second-order valence-electron chi connectivity index (χ2n) is 4.62. The Morgan fingerprint density at radius 2 is 2.11 bits per heavy atom. The molecule has 0 bridgehead atoms. The van der Waals surface area contributed by atoms with Gasteiger partial charge in [-0.2, -0.15) is 0 Å². The zero-order valence-electron chi connectivity index (χ0n) is 10.1. The molecular formula is C13H16ClNO3. The molecule has 0 spiro atoms. The second-order valence-corrected chi connectivity index (χ2v) is 5.06. The molecule has 4 nitrogen and oxygen atoms in total. The molecule has 1 saturated heterocycles. The summed E-state index contributed by atoms with van der Waals surface area (Å²) < 4.78 is 5.30. The van der Waals surface area contributed by atoms with Crippen LogP contribution < -0.4 is 0 Å². The maximum atomic E-state index is 11.0. The lowest BCUT2D eigenvalue weighted by atomic mass is 9.92. The van der Waals surface area contributed by atoms with Crippen molar-refractivity contribution in [3.63, 3.8) is 0 Å². The molecule has 0 radical (unpaired) electrons. The number of halogens is 1. The highest BCUT2D eigenvalue weighted by atomic mass is 35.5. The SMILES string of the molecule is O=[N+]([O-])c1cc(Cl)ccc1CCC1CCOCC1. The summed E-state index contributed by atoms with van der Waals surface area (Å²) in [6.45, 7) is 1.63. The third-order valence-corrected chi connectivity index (χ3v) is 3.64. The summed E-state index contributed by atoms with van der Waals surface area (Å²) in [5.74, 6) is 0.619. The van der Waals surface area contributed by atoms with Gasteiger partial charge in [0.2, 0.25) is 0 Å². The lowest BCUT2D eigenvalue weighted by Crippen LogP contribution is -2.16. The Balaban J connectivity index is 2.01. The molecule has 0 aromatic heterocycles. The molecule has 0 saturated carbocycles. The maximum absolute atomic E-state index is 11.0. The topological polar surface area (TPSA) is 52.4 Å². The average Bonchev–Trinajstić information content (AvgIpc) is 2.38. The van der Waals surface area contributed by atoms with Gasteiger partial charge in [0.05, 0.1) is 4.92 Å². The van der Waals surface area contributed by atoms with Crippen LogP contribution in [-0.4, -0.2) is 18.1 Å². The molecule has 1 aliphatic heterocycles. The normalized spacial score (nSPS) is 16.7. The van der Waals surface area contributed by atoms with Gasteiger partial charge in [-0.15, -0.1) is 0 Å². The molecule has 0 aliphatic carbocycles. The lowest BCUT2D eigenvalue weighted by molar-refractivity contribution is -0.385. The van der Waals surface area contributed by atoms with Crippen molar-refractivity contribution in [3.05, 3.63) is 38.9 Å². The van der Waals surface area contributed by atoms with Crippen molar-refractivity contribution < 1.29 is 9.66 Å². The van der Waals surface area contributed by atoms with E-state index >= 15 is 0 Å². The minimum atomic E-state index is -0.356. The number of nitro groups is 1. The van der Waals surface area contributed by atoms with Crippen LogP contribution in [0.2, 0.25) is 5.02 Å². The zero-order chi connectivity index (χ0) is 13.0. The highest BCUT2D eigenvalue weighted by Gasteiger charge is 2.18. The molecule has 98 valence electrons. The number of hydrogen-bond acceptors (Lipinski definition) is 3. The van der Waals surface area contributed by atoms with E-state index in [4.69, 9.17) is 16.3 Å². The van der Waals surface area contributed by atoms with Crippen molar-refractivity contribution >= 4 is 17.3 Å². The fraction of sp³-hybridized carbons (Fsp3) is 0.538. The number of aryl methyl sites for hydroxylation is 1. The Hall–Kier alpha value is -1.13. The van der Waals surface area contributed by atoms with E-state index in [0.717, 1.165) is 44.5 Å².